The molecule has 0 aliphatic carbocycles. The lowest BCUT2D eigenvalue weighted by Crippen LogP contribution is -2.36. The first-order valence-corrected chi connectivity index (χ1v) is 2.49. The van der Waals surface area contributed by atoms with E-state index < -0.39 is 31.2 Å². The maximum absolute atomic E-state index is 10.5. The highest BCUT2D eigenvalue weighted by Crippen LogP contribution is 2.04. The van der Waals surface area contributed by atoms with E-state index >= 15 is 0 Å². The van der Waals surface area contributed by atoms with Gasteiger partial charge in [0.05, 0.1) is 0 Å². The molecule has 0 rings (SSSR count). The number of aliphatic carboxylic acids is 1. The van der Waals surface area contributed by atoms with Gasteiger partial charge in [-0.15, -0.1) is 0 Å². The highest BCUT2D eigenvalue weighted by Gasteiger charge is 2.17. The Balaban J connectivity index is 4.90. The van der Waals surface area contributed by atoms with Gasteiger partial charge in [0.25, 0.3) is 0 Å². The van der Waals surface area contributed by atoms with Crippen LogP contribution in [0.4, 0.5) is 0 Å². The molecule has 0 aromatic carbocycles. The third-order valence-corrected chi connectivity index (χ3v) is 0.959. The van der Waals surface area contributed by atoms with Gasteiger partial charge < -0.3 is 10.8 Å². The molecule has 0 heterocycles. The number of hydrogen-bond donors (Lipinski definition) is 2. The average Bonchev–Trinajstić information content (AvgIpc) is 2.00. The molecule has 0 aliphatic heterocycles. The Morgan fingerprint density at radius 3 is 2.89 bits per heavy atom. The Bertz CT molecular complexity index is 189. The van der Waals surface area contributed by atoms with Crippen LogP contribution in [0, 0.1) is 5.89 Å². The SMILES string of the molecule is [2H][13CH]([2H])[13C@]([2H])([13C@H]([15NH2])[13C](=O)O)[13C@@H]([2H])C. The van der Waals surface area contributed by atoms with E-state index in [0.29, 0.717) is 0 Å². The van der Waals surface area contributed by atoms with E-state index in [-0.39, 0.29) is 0 Å². The molecule has 0 aromatic rings. The first-order valence-electron chi connectivity index (χ1n) is 4.73. The smallest absolute Gasteiger partial charge is 0.320 e. The second-order valence-electron chi connectivity index (χ2n) is 1.60. The summed E-state index contributed by atoms with van der Waals surface area (Å²) in [5.74, 6) is -3.55. The van der Waals surface area contributed by atoms with Crippen molar-refractivity contribution in [2.24, 2.45) is 11.6 Å². The Labute approximate surface area is 60.5 Å². The Morgan fingerprint density at radius 2 is 2.78 bits per heavy atom. The van der Waals surface area contributed by atoms with Crippen LogP contribution in [0.5, 0.6) is 0 Å². The van der Waals surface area contributed by atoms with Gasteiger partial charge in [-0.1, -0.05) is 20.2 Å². The van der Waals surface area contributed by atoms with Crippen LogP contribution >= 0.6 is 0 Å². The topological polar surface area (TPSA) is 63.3 Å². The van der Waals surface area contributed by atoms with Gasteiger partial charge in [-0.2, -0.15) is 0 Å². The van der Waals surface area contributed by atoms with E-state index in [1.165, 1.54) is 6.92 Å². The lowest BCUT2D eigenvalue weighted by Gasteiger charge is -2.11. The van der Waals surface area contributed by atoms with Crippen molar-refractivity contribution in [1.29, 1.82) is 0 Å². The maximum Gasteiger partial charge on any atom is 0.320 e. The van der Waals surface area contributed by atoms with Gasteiger partial charge in [0.2, 0.25) is 0 Å². The minimum absolute atomic E-state index is 1.20. The molecule has 0 saturated carbocycles. The van der Waals surface area contributed by atoms with Crippen molar-refractivity contribution in [2.75, 3.05) is 0 Å². The zero-order valence-electron chi connectivity index (χ0n) is 9.16. The molecule has 3 heteroatoms. The van der Waals surface area contributed by atoms with Crippen LogP contribution in [-0.2, 0) is 4.79 Å². The van der Waals surface area contributed by atoms with E-state index in [2.05, 4.69) is 0 Å². The first-order chi connectivity index (χ1) is 5.74. The Hall–Kier alpha value is -0.570. The van der Waals surface area contributed by atoms with Gasteiger partial charge in [0.15, 0.2) is 0 Å². The van der Waals surface area contributed by atoms with Crippen molar-refractivity contribution in [3.63, 3.8) is 0 Å². The number of carbonyl (C=O) groups is 1. The van der Waals surface area contributed by atoms with E-state index in [9.17, 15) is 4.79 Å². The van der Waals surface area contributed by atoms with Crippen molar-refractivity contribution in [1.82, 2.24) is 0 Å². The Kier molecular flexibility index (Phi) is 1.37. The maximum atomic E-state index is 10.5. The molecule has 0 radical (unpaired) electrons. The molecule has 3 nitrogen and oxygen atoms in total. The molecule has 0 unspecified atom stereocenters. The Morgan fingerprint density at radius 1 is 2.22 bits per heavy atom. The molecular formula is C6H13NO2. The van der Waals surface area contributed by atoms with Crippen molar-refractivity contribution in [2.45, 2.75) is 26.2 Å². The average molecular weight is 141 g/mol. The summed E-state index contributed by atoms with van der Waals surface area (Å²) < 4.78 is 28.7. The fourth-order valence-electron chi connectivity index (χ4n) is 0.322. The molecule has 0 saturated heterocycles. The molecule has 0 amide bonds. The van der Waals surface area contributed by atoms with Crippen molar-refractivity contribution >= 4 is 5.97 Å². The predicted octanol–water partition coefficient (Wildman–Crippen LogP) is 0.444. The molecular weight excluding hydrogens is 124 g/mol. The zero-order chi connectivity index (χ0) is 10.8. The van der Waals surface area contributed by atoms with Crippen LogP contribution in [0.2, 0.25) is 0 Å². The second kappa shape index (κ2) is 3.45. The predicted molar refractivity (Wildman–Crippen MR) is 35.1 cm³/mol. The molecule has 0 spiro atoms. The number of carboxylic acids is 1. The third kappa shape index (κ3) is 2.46. The van der Waals surface area contributed by atoms with Gasteiger partial charge in [0, 0.05) is 5.48 Å². The zero-order valence-corrected chi connectivity index (χ0v) is 5.16. The lowest BCUT2D eigenvalue weighted by molar-refractivity contribution is -0.139. The van der Waals surface area contributed by atoms with Crippen LogP contribution < -0.4 is 5.73 Å². The highest BCUT2D eigenvalue weighted by molar-refractivity contribution is 5.73. The number of carboxylic acid groups (broad SMARTS) is 1. The normalized spacial score (nSPS) is 30.6. The van der Waals surface area contributed by atoms with Gasteiger partial charge in [-0.3, -0.25) is 4.79 Å². The first kappa shape index (κ1) is 3.56. The summed E-state index contributed by atoms with van der Waals surface area (Å²) >= 11 is 0. The van der Waals surface area contributed by atoms with E-state index in [0.717, 1.165) is 0 Å². The number of hydrogen-bond acceptors (Lipinski definition) is 2. The van der Waals surface area contributed by atoms with Gasteiger partial charge in [-0.25, -0.2) is 0 Å². The minimum atomic E-state index is -2.09. The van der Waals surface area contributed by atoms with Crippen LogP contribution in [0.1, 0.15) is 25.7 Å². The van der Waals surface area contributed by atoms with Crippen molar-refractivity contribution < 1.29 is 15.4 Å². The molecule has 0 bridgehead atoms. The van der Waals surface area contributed by atoms with Crippen molar-refractivity contribution in [3.05, 3.63) is 0 Å². The summed E-state index contributed by atoms with van der Waals surface area (Å²) in [4.78, 5) is 10.5. The standard InChI is InChI=1S/C6H13NO2/c1-3-4(2)5(7)6(8)9/h4-5H,3,7H2,1-2H3,(H,8,9)/t4-,5-/m0/s1/i2+1D2,3+1D,4+1D,5+1,6+1,7+1/t3-,4-,5-. The summed E-state index contributed by atoms with van der Waals surface area (Å²) in [6.45, 7) is -0.502. The fraction of sp³-hybridized carbons (Fsp3) is 0.833. The summed E-state index contributed by atoms with van der Waals surface area (Å²) in [6.07, 6.45) is -1.20. The monoisotopic (exact) mass is 141 g/mol. The van der Waals surface area contributed by atoms with Gasteiger partial charge >= 0.3 is 5.97 Å². The molecule has 3 atom stereocenters. The largest absolute Gasteiger partial charge is 0.480 e. The minimum Gasteiger partial charge on any atom is -0.480 e. The summed E-state index contributed by atoms with van der Waals surface area (Å²) in [5, 5.41) is 8.52. The van der Waals surface area contributed by atoms with Crippen LogP contribution in [0.3, 0.4) is 0 Å². The summed E-state index contributed by atoms with van der Waals surface area (Å²) in [5.41, 5.74) is 5.15. The summed E-state index contributed by atoms with van der Waals surface area (Å²) in [7, 11) is 0. The second-order valence-corrected chi connectivity index (χ2v) is 1.60. The van der Waals surface area contributed by atoms with Gasteiger partial charge in [-0.05, 0) is 5.89 Å². The van der Waals surface area contributed by atoms with E-state index in [1.54, 1.807) is 0 Å². The molecule has 54 valence electrons. The highest BCUT2D eigenvalue weighted by atomic mass is 16.5. The molecule has 0 aliphatic rings. The summed E-state index contributed by atoms with van der Waals surface area (Å²) in [6, 6.07) is -1.68. The third-order valence-electron chi connectivity index (χ3n) is 0.959. The van der Waals surface area contributed by atoms with Crippen LogP contribution in [-0.4, -0.2) is 17.1 Å². The van der Waals surface area contributed by atoms with E-state index in [4.69, 9.17) is 16.3 Å². The molecule has 0 fully saturated rings. The number of nitrogens with two attached hydrogens (primary N) is 1. The number of rotatable bonds is 3. The van der Waals surface area contributed by atoms with Gasteiger partial charge in [0.1, 0.15) is 6.04 Å². The fourth-order valence-corrected chi connectivity index (χ4v) is 0.322. The van der Waals surface area contributed by atoms with E-state index in [1.807, 2.05) is 0 Å². The van der Waals surface area contributed by atoms with Crippen LogP contribution in [0.25, 0.3) is 0 Å². The molecule has 3 N–H and O–H groups in total. The van der Waals surface area contributed by atoms with Crippen molar-refractivity contribution in [3.8, 4) is 0 Å². The quantitative estimate of drug-likeness (QED) is 0.443. The molecule has 9 heavy (non-hydrogen) atoms. The molecule has 0 aromatic heterocycles. The lowest BCUT2D eigenvalue weighted by atomic mass is 10.9. The van der Waals surface area contributed by atoms with Crippen LogP contribution in [0.15, 0.2) is 0 Å².